The molecule has 0 aromatic heterocycles. The monoisotopic (exact) mass is 287 g/mol. The molecular formula is C19H29NO. The van der Waals surface area contributed by atoms with Crippen LogP contribution in [0.15, 0.2) is 24.3 Å². The smallest absolute Gasteiger partial charge is 0.0774 e. The van der Waals surface area contributed by atoms with E-state index in [4.69, 9.17) is 0 Å². The van der Waals surface area contributed by atoms with E-state index in [1.165, 1.54) is 17.5 Å². The lowest BCUT2D eigenvalue weighted by Crippen LogP contribution is -2.46. The second-order valence-electron chi connectivity index (χ2n) is 8.10. The van der Waals surface area contributed by atoms with Gasteiger partial charge >= 0.3 is 0 Å². The van der Waals surface area contributed by atoms with E-state index in [0.717, 1.165) is 32.2 Å². The molecule has 116 valence electrons. The molecular weight excluding hydrogens is 258 g/mol. The Morgan fingerprint density at radius 3 is 2.81 bits per heavy atom. The lowest BCUT2D eigenvalue weighted by molar-refractivity contribution is -0.0164. The highest BCUT2D eigenvalue weighted by Gasteiger charge is 2.40. The Morgan fingerprint density at radius 1 is 1.29 bits per heavy atom. The SMILES string of the molecule is CC1CCCC(O)(CNC2c3ccccc3CC2(C)C)C1. The van der Waals surface area contributed by atoms with Crippen LogP contribution in [0.5, 0.6) is 0 Å². The van der Waals surface area contributed by atoms with Gasteiger partial charge in [0.2, 0.25) is 0 Å². The van der Waals surface area contributed by atoms with Crippen LogP contribution in [-0.4, -0.2) is 17.3 Å². The number of hydrogen-bond donors (Lipinski definition) is 2. The molecule has 1 saturated carbocycles. The molecule has 1 fully saturated rings. The van der Waals surface area contributed by atoms with E-state index < -0.39 is 5.60 Å². The molecule has 2 aliphatic carbocycles. The molecule has 0 heterocycles. The van der Waals surface area contributed by atoms with E-state index >= 15 is 0 Å². The third-order valence-corrected chi connectivity index (χ3v) is 5.50. The van der Waals surface area contributed by atoms with Crippen molar-refractivity contribution in [1.29, 1.82) is 0 Å². The van der Waals surface area contributed by atoms with Gasteiger partial charge in [0.1, 0.15) is 0 Å². The minimum absolute atomic E-state index is 0.223. The summed E-state index contributed by atoms with van der Waals surface area (Å²) in [6, 6.07) is 9.11. The summed E-state index contributed by atoms with van der Waals surface area (Å²) in [6.45, 7) is 7.65. The second kappa shape index (κ2) is 5.40. The maximum Gasteiger partial charge on any atom is 0.0774 e. The van der Waals surface area contributed by atoms with Crippen LogP contribution in [0.25, 0.3) is 0 Å². The molecule has 21 heavy (non-hydrogen) atoms. The van der Waals surface area contributed by atoms with Crippen molar-refractivity contribution in [3.05, 3.63) is 35.4 Å². The van der Waals surface area contributed by atoms with Gasteiger partial charge < -0.3 is 10.4 Å². The Morgan fingerprint density at radius 2 is 2.05 bits per heavy atom. The fourth-order valence-corrected chi connectivity index (χ4v) is 4.46. The summed E-state index contributed by atoms with van der Waals surface area (Å²) in [6.07, 6.45) is 5.42. The molecule has 0 aliphatic heterocycles. The topological polar surface area (TPSA) is 32.3 Å². The van der Waals surface area contributed by atoms with Crippen LogP contribution in [0.1, 0.15) is 63.6 Å². The van der Waals surface area contributed by atoms with Crippen LogP contribution in [-0.2, 0) is 6.42 Å². The zero-order valence-corrected chi connectivity index (χ0v) is 13.7. The van der Waals surface area contributed by atoms with E-state index in [2.05, 4.69) is 50.4 Å². The predicted octanol–water partition coefficient (Wildman–Crippen LogP) is 3.84. The van der Waals surface area contributed by atoms with Crippen molar-refractivity contribution in [2.24, 2.45) is 11.3 Å². The average molecular weight is 287 g/mol. The van der Waals surface area contributed by atoms with Crippen LogP contribution in [0.2, 0.25) is 0 Å². The Kier molecular flexibility index (Phi) is 3.87. The average Bonchev–Trinajstić information content (AvgIpc) is 2.65. The summed E-state index contributed by atoms with van der Waals surface area (Å²) in [5, 5.41) is 14.6. The van der Waals surface area contributed by atoms with Crippen molar-refractivity contribution in [2.45, 2.75) is 64.5 Å². The fourth-order valence-electron chi connectivity index (χ4n) is 4.46. The minimum atomic E-state index is -0.509. The molecule has 1 aromatic carbocycles. The van der Waals surface area contributed by atoms with E-state index in [-0.39, 0.29) is 5.41 Å². The first-order valence-electron chi connectivity index (χ1n) is 8.43. The molecule has 2 nitrogen and oxygen atoms in total. The van der Waals surface area contributed by atoms with Crippen LogP contribution in [0, 0.1) is 11.3 Å². The molecule has 3 atom stereocenters. The summed E-state index contributed by atoms with van der Waals surface area (Å²) in [7, 11) is 0. The first kappa shape index (κ1) is 15.1. The molecule has 0 spiro atoms. The van der Waals surface area contributed by atoms with Gasteiger partial charge in [0.15, 0.2) is 0 Å². The van der Waals surface area contributed by atoms with Crippen molar-refractivity contribution in [1.82, 2.24) is 5.32 Å². The summed E-state index contributed by atoms with van der Waals surface area (Å²) >= 11 is 0. The normalized spacial score (nSPS) is 34.7. The van der Waals surface area contributed by atoms with Gasteiger partial charge in [0.25, 0.3) is 0 Å². The third kappa shape index (κ3) is 3.02. The Labute approximate surface area is 129 Å². The molecule has 3 rings (SSSR count). The van der Waals surface area contributed by atoms with Crippen molar-refractivity contribution in [2.75, 3.05) is 6.54 Å². The van der Waals surface area contributed by atoms with Gasteiger partial charge in [0, 0.05) is 12.6 Å². The lowest BCUT2D eigenvalue weighted by Gasteiger charge is -2.38. The third-order valence-electron chi connectivity index (χ3n) is 5.50. The molecule has 0 amide bonds. The highest BCUT2D eigenvalue weighted by atomic mass is 16.3. The number of rotatable bonds is 3. The largest absolute Gasteiger partial charge is 0.389 e. The molecule has 2 aliphatic rings. The highest BCUT2D eigenvalue weighted by molar-refractivity contribution is 5.37. The van der Waals surface area contributed by atoms with E-state index in [0.29, 0.717) is 12.0 Å². The summed E-state index contributed by atoms with van der Waals surface area (Å²) < 4.78 is 0. The van der Waals surface area contributed by atoms with Gasteiger partial charge in [-0.05, 0) is 41.7 Å². The molecule has 0 radical (unpaired) electrons. The number of hydrogen-bond acceptors (Lipinski definition) is 2. The van der Waals surface area contributed by atoms with E-state index in [1.807, 2.05) is 0 Å². The summed E-state index contributed by atoms with van der Waals surface area (Å²) in [5.41, 5.74) is 2.60. The molecule has 2 heteroatoms. The molecule has 2 N–H and O–H groups in total. The predicted molar refractivity (Wildman–Crippen MR) is 87.3 cm³/mol. The van der Waals surface area contributed by atoms with Gasteiger partial charge in [-0.15, -0.1) is 0 Å². The van der Waals surface area contributed by atoms with Crippen LogP contribution in [0.3, 0.4) is 0 Å². The van der Waals surface area contributed by atoms with Gasteiger partial charge in [0.05, 0.1) is 5.60 Å². The van der Waals surface area contributed by atoms with Crippen LogP contribution >= 0.6 is 0 Å². The number of nitrogens with one attached hydrogen (secondary N) is 1. The number of benzene rings is 1. The lowest BCUT2D eigenvalue weighted by atomic mass is 9.78. The summed E-state index contributed by atoms with van der Waals surface area (Å²) in [4.78, 5) is 0. The van der Waals surface area contributed by atoms with Crippen molar-refractivity contribution in [3.63, 3.8) is 0 Å². The van der Waals surface area contributed by atoms with Crippen molar-refractivity contribution in [3.8, 4) is 0 Å². The standard InChI is InChI=1S/C19H29NO/c1-14-7-6-10-19(21,11-14)13-20-17-16-9-5-4-8-15(16)12-18(17,2)3/h4-5,8-9,14,17,20-21H,6-7,10-13H2,1-3H3. The molecule has 1 aromatic rings. The maximum atomic E-state index is 10.9. The minimum Gasteiger partial charge on any atom is -0.389 e. The zero-order chi connectivity index (χ0) is 15.1. The van der Waals surface area contributed by atoms with Crippen molar-refractivity contribution < 1.29 is 5.11 Å². The number of fused-ring (bicyclic) bond motifs is 1. The quantitative estimate of drug-likeness (QED) is 0.885. The maximum absolute atomic E-state index is 10.9. The highest BCUT2D eigenvalue weighted by Crippen LogP contribution is 2.45. The number of aliphatic hydroxyl groups is 1. The first-order chi connectivity index (χ1) is 9.90. The second-order valence-corrected chi connectivity index (χ2v) is 8.10. The molecule has 0 bridgehead atoms. The van der Waals surface area contributed by atoms with Gasteiger partial charge in [-0.25, -0.2) is 0 Å². The van der Waals surface area contributed by atoms with Gasteiger partial charge in [-0.2, -0.15) is 0 Å². The Hall–Kier alpha value is -0.860. The molecule has 0 saturated heterocycles. The van der Waals surface area contributed by atoms with Crippen LogP contribution < -0.4 is 5.32 Å². The van der Waals surface area contributed by atoms with E-state index in [1.54, 1.807) is 0 Å². The first-order valence-corrected chi connectivity index (χ1v) is 8.43. The van der Waals surface area contributed by atoms with Gasteiger partial charge in [-0.1, -0.05) is 57.9 Å². The fraction of sp³-hybridized carbons (Fsp3) is 0.684. The Balaban J connectivity index is 1.72. The summed E-state index contributed by atoms with van der Waals surface area (Å²) in [5.74, 6) is 0.648. The Bertz CT molecular complexity index is 510. The van der Waals surface area contributed by atoms with Crippen molar-refractivity contribution >= 4 is 0 Å². The molecule has 3 unspecified atom stereocenters. The zero-order valence-electron chi connectivity index (χ0n) is 13.7. The van der Waals surface area contributed by atoms with Crippen LogP contribution in [0.4, 0.5) is 0 Å². The van der Waals surface area contributed by atoms with E-state index in [9.17, 15) is 5.11 Å². The van der Waals surface area contributed by atoms with Gasteiger partial charge in [-0.3, -0.25) is 0 Å².